The average Bonchev–Trinajstić information content (AvgIpc) is 3.42. The molecule has 3 atom stereocenters. The van der Waals surface area contributed by atoms with Crippen molar-refractivity contribution < 1.29 is 14.3 Å². The maximum Gasteiger partial charge on any atom is 0.341 e. The second-order valence-electron chi connectivity index (χ2n) is 9.09. The van der Waals surface area contributed by atoms with E-state index in [0.717, 1.165) is 11.5 Å². The van der Waals surface area contributed by atoms with Gasteiger partial charge in [0, 0.05) is 50.3 Å². The predicted octanol–water partition coefficient (Wildman–Crippen LogP) is 2.82. The number of piperazine rings is 1. The van der Waals surface area contributed by atoms with Crippen LogP contribution < -0.4 is 15.6 Å². The van der Waals surface area contributed by atoms with Crippen LogP contribution in [0.15, 0.2) is 35.3 Å². The number of allylic oxidation sites excluding steroid dienone is 1. The summed E-state index contributed by atoms with van der Waals surface area (Å²) in [5.41, 5.74) is -0.0572. The Morgan fingerprint density at radius 3 is 2.58 bits per heavy atom. The Morgan fingerprint density at radius 1 is 1.21 bits per heavy atom. The van der Waals surface area contributed by atoms with E-state index in [1.54, 1.807) is 10.6 Å². The number of benzene rings is 1. The van der Waals surface area contributed by atoms with E-state index in [2.05, 4.69) is 22.4 Å². The van der Waals surface area contributed by atoms with Gasteiger partial charge in [-0.3, -0.25) is 4.79 Å². The molecule has 2 aromatic rings. The molecule has 1 aliphatic heterocycles. The summed E-state index contributed by atoms with van der Waals surface area (Å²) in [7, 11) is 0. The van der Waals surface area contributed by atoms with Crippen LogP contribution in [0.4, 0.5) is 10.1 Å². The zero-order chi connectivity index (χ0) is 23.3. The molecule has 2 N–H and O–H groups in total. The lowest BCUT2D eigenvalue weighted by atomic mass is 10.0. The molecule has 0 amide bonds. The fourth-order valence-electron chi connectivity index (χ4n) is 5.40. The Balaban J connectivity index is 1.33. The van der Waals surface area contributed by atoms with Gasteiger partial charge in [-0.15, -0.1) is 0 Å². The highest BCUT2D eigenvalue weighted by atomic mass is 32.1. The molecule has 1 saturated heterocycles. The number of pyridine rings is 1. The molecule has 9 heteroatoms. The number of hydrogen-bond donors (Lipinski definition) is 2. The van der Waals surface area contributed by atoms with Crippen LogP contribution in [-0.4, -0.2) is 57.9 Å². The fourth-order valence-corrected chi connectivity index (χ4v) is 5.74. The molecule has 33 heavy (non-hydrogen) atoms. The van der Waals surface area contributed by atoms with Gasteiger partial charge in [0.25, 0.3) is 0 Å². The monoisotopic (exact) mass is 470 g/mol. The standard InChI is InChI=1S/C24H27FN4O3S/c1-2-27-13-17(23(31)32)22(30)16-11-18(25)21(12-20(16)27)28-5-7-29(8-6-28)24(33)26-19-10-14-3-4-15(19)9-14/h3-4,11-15,19H,2,5-10H2,1H3,(H,26,33)(H,31,32)/t14-,15-,19-/m1/s1. The van der Waals surface area contributed by atoms with E-state index in [1.807, 2.05) is 11.8 Å². The molecule has 2 bridgehead atoms. The third-order valence-corrected chi connectivity index (χ3v) is 7.59. The van der Waals surface area contributed by atoms with Gasteiger partial charge in [-0.1, -0.05) is 12.2 Å². The second kappa shape index (κ2) is 8.44. The molecule has 1 aromatic carbocycles. The molecule has 2 heterocycles. The minimum Gasteiger partial charge on any atom is -0.477 e. The Labute approximate surface area is 196 Å². The third kappa shape index (κ3) is 3.88. The van der Waals surface area contributed by atoms with Gasteiger partial charge in [-0.05, 0) is 56.0 Å². The first-order valence-corrected chi connectivity index (χ1v) is 11.8. The molecule has 0 spiro atoms. The largest absolute Gasteiger partial charge is 0.477 e. The number of nitrogens with zero attached hydrogens (tertiary/aromatic N) is 3. The van der Waals surface area contributed by atoms with Crippen LogP contribution in [0, 0.1) is 17.7 Å². The van der Waals surface area contributed by atoms with Crippen molar-refractivity contribution in [1.82, 2.24) is 14.8 Å². The highest BCUT2D eigenvalue weighted by molar-refractivity contribution is 7.80. The van der Waals surface area contributed by atoms with Crippen LogP contribution in [0.25, 0.3) is 10.9 Å². The van der Waals surface area contributed by atoms with Crippen LogP contribution in [0.5, 0.6) is 0 Å². The van der Waals surface area contributed by atoms with Gasteiger partial charge >= 0.3 is 5.97 Å². The number of anilines is 1. The van der Waals surface area contributed by atoms with E-state index in [-0.39, 0.29) is 10.9 Å². The van der Waals surface area contributed by atoms with Gasteiger partial charge in [0.05, 0.1) is 11.2 Å². The van der Waals surface area contributed by atoms with Crippen molar-refractivity contribution in [2.45, 2.75) is 32.4 Å². The summed E-state index contributed by atoms with van der Waals surface area (Å²) < 4.78 is 16.8. The molecule has 5 rings (SSSR count). The van der Waals surface area contributed by atoms with Gasteiger partial charge in [-0.2, -0.15) is 0 Å². The second-order valence-corrected chi connectivity index (χ2v) is 9.48. The smallest absolute Gasteiger partial charge is 0.341 e. The van der Waals surface area contributed by atoms with Crippen molar-refractivity contribution in [3.8, 4) is 0 Å². The summed E-state index contributed by atoms with van der Waals surface area (Å²) >= 11 is 5.66. The van der Waals surface area contributed by atoms with Crippen LogP contribution in [0.2, 0.25) is 0 Å². The number of aryl methyl sites for hydroxylation is 1. The lowest BCUT2D eigenvalue weighted by molar-refractivity contribution is 0.0695. The summed E-state index contributed by atoms with van der Waals surface area (Å²) in [5, 5.41) is 13.7. The van der Waals surface area contributed by atoms with E-state index in [9.17, 15) is 14.7 Å². The number of carbonyl (C=O) groups is 1. The number of aromatic nitrogens is 1. The van der Waals surface area contributed by atoms with Crippen LogP contribution in [0.1, 0.15) is 30.1 Å². The highest BCUT2D eigenvalue weighted by Crippen LogP contribution is 2.39. The van der Waals surface area contributed by atoms with Gasteiger partial charge in [0.1, 0.15) is 11.4 Å². The Kier molecular flexibility index (Phi) is 5.60. The first kappa shape index (κ1) is 21.9. The molecular weight excluding hydrogens is 443 g/mol. The van der Waals surface area contributed by atoms with Crippen molar-refractivity contribution in [2.24, 2.45) is 11.8 Å². The minimum atomic E-state index is -1.31. The van der Waals surface area contributed by atoms with Gasteiger partial charge in [0.15, 0.2) is 5.11 Å². The quantitative estimate of drug-likeness (QED) is 0.526. The summed E-state index contributed by atoms with van der Waals surface area (Å²) in [5.74, 6) is -0.586. The molecule has 1 saturated carbocycles. The van der Waals surface area contributed by atoms with Crippen LogP contribution >= 0.6 is 12.2 Å². The molecule has 1 aromatic heterocycles. The first-order chi connectivity index (χ1) is 15.9. The Bertz CT molecular complexity index is 1220. The summed E-state index contributed by atoms with van der Waals surface area (Å²) in [4.78, 5) is 28.1. The lowest BCUT2D eigenvalue weighted by Crippen LogP contribution is -2.54. The van der Waals surface area contributed by atoms with Crippen molar-refractivity contribution in [3.05, 3.63) is 52.1 Å². The number of rotatable bonds is 4. The van der Waals surface area contributed by atoms with E-state index in [1.165, 1.54) is 18.7 Å². The number of hydrogen-bond acceptors (Lipinski definition) is 4. The molecular formula is C24H27FN4O3S. The first-order valence-electron chi connectivity index (χ1n) is 11.4. The van der Waals surface area contributed by atoms with Crippen molar-refractivity contribution in [1.29, 1.82) is 0 Å². The molecule has 7 nitrogen and oxygen atoms in total. The number of halogens is 1. The molecule has 0 radical (unpaired) electrons. The molecule has 3 aliphatic rings. The zero-order valence-corrected chi connectivity index (χ0v) is 19.3. The predicted molar refractivity (Wildman–Crippen MR) is 129 cm³/mol. The number of aromatic carboxylic acids is 1. The maximum absolute atomic E-state index is 15.1. The van der Waals surface area contributed by atoms with E-state index < -0.39 is 17.2 Å². The lowest BCUT2D eigenvalue weighted by Gasteiger charge is -2.38. The summed E-state index contributed by atoms with van der Waals surface area (Å²) in [6.45, 7) is 4.89. The topological polar surface area (TPSA) is 77.8 Å². The van der Waals surface area contributed by atoms with E-state index in [4.69, 9.17) is 12.2 Å². The van der Waals surface area contributed by atoms with Crippen LogP contribution in [-0.2, 0) is 6.54 Å². The number of carboxylic acids is 1. The van der Waals surface area contributed by atoms with Crippen LogP contribution in [0.3, 0.4) is 0 Å². The number of nitrogens with one attached hydrogen (secondary N) is 1. The Hall–Kier alpha value is -2.94. The Morgan fingerprint density at radius 2 is 1.97 bits per heavy atom. The third-order valence-electron chi connectivity index (χ3n) is 7.22. The van der Waals surface area contributed by atoms with E-state index >= 15 is 4.39 Å². The van der Waals surface area contributed by atoms with Crippen molar-refractivity contribution in [2.75, 3.05) is 31.1 Å². The zero-order valence-electron chi connectivity index (χ0n) is 18.5. The maximum atomic E-state index is 15.1. The molecule has 2 fully saturated rings. The SMILES string of the molecule is CCn1cc(C(=O)O)c(=O)c2cc(F)c(N3CCN(C(=S)N[C@@H]4C[C@@H]5C=C[C@@H]4C5)CC3)cc21. The molecule has 2 aliphatic carbocycles. The van der Waals surface area contributed by atoms with Crippen molar-refractivity contribution in [3.63, 3.8) is 0 Å². The van der Waals surface area contributed by atoms with E-state index in [0.29, 0.717) is 61.8 Å². The summed E-state index contributed by atoms with van der Waals surface area (Å²) in [6, 6.07) is 3.24. The van der Waals surface area contributed by atoms with Gasteiger partial charge in [-0.25, -0.2) is 9.18 Å². The summed E-state index contributed by atoms with van der Waals surface area (Å²) in [6.07, 6.45) is 8.29. The van der Waals surface area contributed by atoms with Crippen molar-refractivity contribution >= 4 is 39.9 Å². The number of thiocarbonyl (C=S) groups is 1. The molecule has 174 valence electrons. The molecule has 0 unspecified atom stereocenters. The number of fused-ring (bicyclic) bond motifs is 3. The number of carboxylic acid groups (broad SMARTS) is 1. The average molecular weight is 471 g/mol. The normalized spacial score (nSPS) is 24.0. The van der Waals surface area contributed by atoms with Gasteiger partial charge < -0.3 is 24.8 Å². The van der Waals surface area contributed by atoms with Gasteiger partial charge in [0.2, 0.25) is 5.43 Å². The minimum absolute atomic E-state index is 0.0851. The highest BCUT2D eigenvalue weighted by Gasteiger charge is 2.36. The fraction of sp³-hybridized carbons (Fsp3) is 0.458.